The molecule has 2 rings (SSSR count). The van der Waals surface area contributed by atoms with Gasteiger partial charge < -0.3 is 4.52 Å². The molecule has 74 valence electrons. The van der Waals surface area contributed by atoms with Crippen molar-refractivity contribution in [1.29, 1.82) is 0 Å². The van der Waals surface area contributed by atoms with Crippen LogP contribution in [0.25, 0.3) is 0 Å². The average molecular weight is 214 g/mol. The summed E-state index contributed by atoms with van der Waals surface area (Å²) in [7, 11) is 0. The third-order valence-electron chi connectivity index (χ3n) is 1.80. The van der Waals surface area contributed by atoms with E-state index in [1.807, 2.05) is 6.92 Å². The Morgan fingerprint density at radius 3 is 3.00 bits per heavy atom. The first-order chi connectivity index (χ1) is 6.81. The minimum absolute atomic E-state index is 0.339. The molecule has 0 spiro atoms. The summed E-state index contributed by atoms with van der Waals surface area (Å²) in [5, 5.41) is 11.7. The summed E-state index contributed by atoms with van der Waals surface area (Å²) in [6, 6.07) is 0. The molecule has 0 saturated heterocycles. The minimum atomic E-state index is 0.339. The summed E-state index contributed by atoms with van der Waals surface area (Å²) in [6.45, 7) is 2.42. The number of rotatable bonds is 3. The molecule has 0 radical (unpaired) electrons. The Morgan fingerprint density at radius 1 is 1.50 bits per heavy atom. The van der Waals surface area contributed by atoms with Crippen molar-refractivity contribution in [2.75, 3.05) is 0 Å². The van der Waals surface area contributed by atoms with Gasteiger partial charge >= 0.3 is 0 Å². The zero-order chi connectivity index (χ0) is 9.97. The van der Waals surface area contributed by atoms with Crippen LogP contribution in [0.4, 0.5) is 0 Å². The highest BCUT2D eigenvalue weighted by Crippen LogP contribution is 2.10. The van der Waals surface area contributed by atoms with Gasteiger partial charge in [0.2, 0.25) is 11.7 Å². The van der Waals surface area contributed by atoms with Crippen LogP contribution >= 0.6 is 11.6 Å². The maximum atomic E-state index is 5.84. The topological polar surface area (TPSA) is 69.6 Å². The van der Waals surface area contributed by atoms with Crippen LogP contribution < -0.4 is 0 Å². The van der Waals surface area contributed by atoms with Gasteiger partial charge in [0.15, 0.2) is 5.82 Å². The minimum Gasteiger partial charge on any atom is -0.343 e. The lowest BCUT2D eigenvalue weighted by Gasteiger charge is -2.01. The van der Waals surface area contributed by atoms with Crippen molar-refractivity contribution in [3.8, 4) is 0 Å². The first kappa shape index (κ1) is 9.14. The monoisotopic (exact) mass is 213 g/mol. The fourth-order valence-corrected chi connectivity index (χ4v) is 1.33. The Hall–Kier alpha value is -1.43. The second-order valence-electron chi connectivity index (χ2n) is 2.67. The highest BCUT2D eigenvalue weighted by Gasteiger charge is 2.10. The van der Waals surface area contributed by atoms with Gasteiger partial charge in [-0.1, -0.05) is 12.1 Å². The zero-order valence-electron chi connectivity index (χ0n) is 7.51. The number of aryl methyl sites for hydroxylation is 1. The van der Waals surface area contributed by atoms with E-state index in [1.165, 1.54) is 6.39 Å². The maximum Gasteiger partial charge on any atom is 0.225 e. The molecule has 6 nitrogen and oxygen atoms in total. The van der Waals surface area contributed by atoms with Gasteiger partial charge in [-0.15, -0.1) is 10.2 Å². The molecule has 7 heteroatoms. The van der Waals surface area contributed by atoms with Gasteiger partial charge in [0, 0.05) is 6.42 Å². The van der Waals surface area contributed by atoms with Gasteiger partial charge in [-0.3, -0.25) is 4.57 Å². The molecule has 14 heavy (non-hydrogen) atoms. The smallest absolute Gasteiger partial charge is 0.225 e. The number of nitrogens with zero attached hydrogens (tertiary/aromatic N) is 5. The van der Waals surface area contributed by atoms with E-state index in [0.717, 1.165) is 12.2 Å². The quantitative estimate of drug-likeness (QED) is 0.759. The molecule has 2 aromatic rings. The van der Waals surface area contributed by atoms with Crippen molar-refractivity contribution in [2.24, 2.45) is 0 Å². The van der Waals surface area contributed by atoms with Gasteiger partial charge in [0.25, 0.3) is 0 Å². The molecule has 0 fully saturated rings. The first-order valence-corrected chi connectivity index (χ1v) is 4.52. The number of hydrogen-bond acceptors (Lipinski definition) is 5. The predicted molar refractivity (Wildman–Crippen MR) is 47.8 cm³/mol. The molecule has 0 aromatic carbocycles. The Kier molecular flexibility index (Phi) is 2.45. The Bertz CT molecular complexity index is 410. The molecule has 0 bridgehead atoms. The standard InChI is InChI=1S/C7H8ClN5O/c1-2-6-10-11-7(8)13(6)3-5-9-4-14-12-5/h4H,2-3H2,1H3. The summed E-state index contributed by atoms with van der Waals surface area (Å²) in [6.07, 6.45) is 2.04. The predicted octanol–water partition coefficient (Wildman–Crippen LogP) is 0.925. The molecule has 0 N–H and O–H groups in total. The lowest BCUT2D eigenvalue weighted by atomic mass is 10.4. The van der Waals surface area contributed by atoms with Crippen LogP contribution in [-0.2, 0) is 13.0 Å². The van der Waals surface area contributed by atoms with E-state index in [2.05, 4.69) is 24.9 Å². The molecule has 0 saturated carbocycles. The summed E-state index contributed by atoms with van der Waals surface area (Å²) >= 11 is 5.84. The van der Waals surface area contributed by atoms with E-state index in [4.69, 9.17) is 11.6 Å². The van der Waals surface area contributed by atoms with Crippen molar-refractivity contribution in [3.63, 3.8) is 0 Å². The normalized spacial score (nSPS) is 10.7. The van der Waals surface area contributed by atoms with Crippen LogP contribution in [0, 0.1) is 0 Å². The number of hydrogen-bond donors (Lipinski definition) is 0. The van der Waals surface area contributed by atoms with Crippen molar-refractivity contribution < 1.29 is 4.52 Å². The fourth-order valence-electron chi connectivity index (χ4n) is 1.14. The number of halogens is 1. The molecule has 0 unspecified atom stereocenters. The second kappa shape index (κ2) is 3.75. The van der Waals surface area contributed by atoms with E-state index < -0.39 is 0 Å². The SMILES string of the molecule is CCc1nnc(Cl)n1Cc1ncon1. The molecular weight excluding hydrogens is 206 g/mol. The summed E-state index contributed by atoms with van der Waals surface area (Å²) in [4.78, 5) is 3.89. The molecule has 0 aliphatic carbocycles. The molecule has 2 heterocycles. The zero-order valence-corrected chi connectivity index (χ0v) is 8.27. The van der Waals surface area contributed by atoms with E-state index >= 15 is 0 Å². The van der Waals surface area contributed by atoms with E-state index in [-0.39, 0.29) is 0 Å². The average Bonchev–Trinajstić information content (AvgIpc) is 2.79. The van der Waals surface area contributed by atoms with Gasteiger partial charge in [-0.2, -0.15) is 4.98 Å². The van der Waals surface area contributed by atoms with E-state index in [9.17, 15) is 0 Å². The van der Waals surface area contributed by atoms with Crippen molar-refractivity contribution in [1.82, 2.24) is 24.9 Å². The molecule has 0 atom stereocenters. The van der Waals surface area contributed by atoms with Gasteiger partial charge in [-0.05, 0) is 11.6 Å². The maximum absolute atomic E-state index is 5.84. The van der Waals surface area contributed by atoms with Crippen LogP contribution in [0.1, 0.15) is 18.6 Å². The van der Waals surface area contributed by atoms with Crippen molar-refractivity contribution in [2.45, 2.75) is 19.9 Å². The molecule has 0 amide bonds. The van der Waals surface area contributed by atoms with Crippen LogP contribution in [0.15, 0.2) is 10.9 Å². The van der Waals surface area contributed by atoms with Crippen LogP contribution in [0.3, 0.4) is 0 Å². The number of aromatic nitrogens is 5. The highest BCUT2D eigenvalue weighted by molar-refractivity contribution is 6.28. The summed E-state index contributed by atoms with van der Waals surface area (Å²) in [5.74, 6) is 1.36. The largest absolute Gasteiger partial charge is 0.343 e. The van der Waals surface area contributed by atoms with Crippen molar-refractivity contribution >= 4 is 11.6 Å². The Balaban J connectivity index is 2.27. The Morgan fingerprint density at radius 2 is 2.36 bits per heavy atom. The first-order valence-electron chi connectivity index (χ1n) is 4.14. The second-order valence-corrected chi connectivity index (χ2v) is 3.01. The highest BCUT2D eigenvalue weighted by atomic mass is 35.5. The molecule has 0 aliphatic rings. The third-order valence-corrected chi connectivity index (χ3v) is 2.08. The molecular formula is C7H8ClN5O. The van der Waals surface area contributed by atoms with Gasteiger partial charge in [-0.25, -0.2) is 0 Å². The van der Waals surface area contributed by atoms with Gasteiger partial charge in [0.1, 0.15) is 5.82 Å². The van der Waals surface area contributed by atoms with E-state index in [1.54, 1.807) is 4.57 Å². The van der Waals surface area contributed by atoms with Crippen molar-refractivity contribution in [3.05, 3.63) is 23.3 Å². The summed E-state index contributed by atoms with van der Waals surface area (Å²) < 4.78 is 6.36. The lowest BCUT2D eigenvalue weighted by molar-refractivity contribution is 0.408. The van der Waals surface area contributed by atoms with E-state index in [0.29, 0.717) is 17.7 Å². The fraction of sp³-hybridized carbons (Fsp3) is 0.429. The van der Waals surface area contributed by atoms with Crippen LogP contribution in [0.5, 0.6) is 0 Å². The Labute approximate surface area is 84.9 Å². The molecule has 0 aliphatic heterocycles. The molecule has 2 aromatic heterocycles. The summed E-state index contributed by atoms with van der Waals surface area (Å²) in [5.41, 5.74) is 0. The van der Waals surface area contributed by atoms with Gasteiger partial charge in [0.05, 0.1) is 6.54 Å². The van der Waals surface area contributed by atoms with Crippen LogP contribution in [0.2, 0.25) is 5.28 Å². The lowest BCUT2D eigenvalue weighted by Crippen LogP contribution is -2.05. The third kappa shape index (κ3) is 1.60. The van der Waals surface area contributed by atoms with Crippen LogP contribution in [-0.4, -0.2) is 24.9 Å².